The van der Waals surface area contributed by atoms with Crippen molar-refractivity contribution >= 4 is 51.4 Å². The van der Waals surface area contributed by atoms with E-state index in [1.165, 1.54) is 0 Å². The average Bonchev–Trinajstić information content (AvgIpc) is 3.34. The lowest BCUT2D eigenvalue weighted by atomic mass is 10.2. The van der Waals surface area contributed by atoms with Crippen molar-refractivity contribution in [2.24, 2.45) is 0 Å². The highest BCUT2D eigenvalue weighted by atomic mass is 35.5. The minimum Gasteiger partial charge on any atom is -0.345 e. The predicted molar refractivity (Wildman–Crippen MR) is 126 cm³/mol. The van der Waals surface area contributed by atoms with Crippen molar-refractivity contribution in [1.29, 1.82) is 0 Å². The molecule has 1 aromatic heterocycles. The zero-order valence-corrected chi connectivity index (χ0v) is 18.6. The smallest absolute Gasteiger partial charge is 0.321 e. The van der Waals surface area contributed by atoms with Crippen LogP contribution in [-0.2, 0) is 0 Å². The number of carbonyl (C=O) groups excluding carboxylic acids is 2. The SMILES string of the molecule is CN(C(=O)c1ccc(Cl)cc1)c1ccc(NC(=O)N2CCN(c3nccs3)CC2)cc1. The van der Waals surface area contributed by atoms with Crippen molar-refractivity contribution in [3.8, 4) is 0 Å². The molecular formula is C22H22ClN5O2S. The summed E-state index contributed by atoms with van der Waals surface area (Å²) >= 11 is 7.50. The number of benzene rings is 2. The van der Waals surface area contributed by atoms with Crippen LogP contribution in [0.15, 0.2) is 60.1 Å². The molecule has 9 heteroatoms. The van der Waals surface area contributed by atoms with Crippen LogP contribution in [0.1, 0.15) is 10.4 Å². The first-order chi connectivity index (χ1) is 15.0. The summed E-state index contributed by atoms with van der Waals surface area (Å²) in [6.07, 6.45) is 1.79. The largest absolute Gasteiger partial charge is 0.345 e. The fourth-order valence-corrected chi connectivity index (χ4v) is 4.17. The van der Waals surface area contributed by atoms with Crippen LogP contribution in [0.5, 0.6) is 0 Å². The normalized spacial score (nSPS) is 13.7. The lowest BCUT2D eigenvalue weighted by molar-refractivity contribution is 0.0993. The molecule has 1 fully saturated rings. The molecule has 4 rings (SSSR count). The summed E-state index contributed by atoms with van der Waals surface area (Å²) in [5, 5.41) is 6.47. The first-order valence-electron chi connectivity index (χ1n) is 9.85. The number of piperazine rings is 1. The van der Waals surface area contributed by atoms with Crippen LogP contribution in [-0.4, -0.2) is 55.0 Å². The highest BCUT2D eigenvalue weighted by Gasteiger charge is 2.22. The molecule has 31 heavy (non-hydrogen) atoms. The minimum absolute atomic E-state index is 0.128. The molecule has 160 valence electrons. The molecule has 0 atom stereocenters. The van der Waals surface area contributed by atoms with E-state index in [2.05, 4.69) is 15.2 Å². The first-order valence-corrected chi connectivity index (χ1v) is 11.1. The van der Waals surface area contributed by atoms with Gasteiger partial charge >= 0.3 is 6.03 Å². The van der Waals surface area contributed by atoms with Gasteiger partial charge in [-0.3, -0.25) is 4.79 Å². The highest BCUT2D eigenvalue weighted by molar-refractivity contribution is 7.13. The quantitative estimate of drug-likeness (QED) is 0.632. The summed E-state index contributed by atoms with van der Waals surface area (Å²) in [4.78, 5) is 35.1. The molecule has 0 unspecified atom stereocenters. The fourth-order valence-electron chi connectivity index (χ4n) is 3.35. The van der Waals surface area contributed by atoms with Crippen molar-refractivity contribution in [3.05, 3.63) is 70.7 Å². The van der Waals surface area contributed by atoms with Crippen LogP contribution in [0, 0.1) is 0 Å². The van der Waals surface area contributed by atoms with Gasteiger partial charge in [-0.15, -0.1) is 11.3 Å². The van der Waals surface area contributed by atoms with Crippen molar-refractivity contribution in [3.63, 3.8) is 0 Å². The molecule has 2 heterocycles. The van der Waals surface area contributed by atoms with E-state index < -0.39 is 0 Å². The number of hydrogen-bond donors (Lipinski definition) is 1. The molecule has 0 radical (unpaired) electrons. The highest BCUT2D eigenvalue weighted by Crippen LogP contribution is 2.21. The second kappa shape index (κ2) is 9.36. The van der Waals surface area contributed by atoms with Crippen molar-refractivity contribution in [2.75, 3.05) is 48.3 Å². The molecule has 3 amide bonds. The molecule has 2 aromatic carbocycles. The molecule has 1 aliphatic heterocycles. The van der Waals surface area contributed by atoms with Gasteiger partial charge in [-0.05, 0) is 48.5 Å². The van der Waals surface area contributed by atoms with Gasteiger partial charge in [-0.25, -0.2) is 9.78 Å². The Morgan fingerprint density at radius 3 is 2.32 bits per heavy atom. The monoisotopic (exact) mass is 455 g/mol. The van der Waals surface area contributed by atoms with E-state index in [0.29, 0.717) is 29.4 Å². The topological polar surface area (TPSA) is 68.8 Å². The van der Waals surface area contributed by atoms with E-state index in [0.717, 1.165) is 23.9 Å². The number of nitrogens with zero attached hydrogens (tertiary/aromatic N) is 4. The number of hydrogen-bond acceptors (Lipinski definition) is 5. The zero-order valence-electron chi connectivity index (χ0n) is 17.0. The average molecular weight is 456 g/mol. The van der Waals surface area contributed by atoms with E-state index in [1.54, 1.807) is 70.8 Å². The van der Waals surface area contributed by atoms with Crippen molar-refractivity contribution < 1.29 is 9.59 Å². The first kappa shape index (κ1) is 21.1. The maximum absolute atomic E-state index is 12.6. The number of amides is 3. The van der Waals surface area contributed by atoms with Crippen LogP contribution in [0.4, 0.5) is 21.3 Å². The van der Waals surface area contributed by atoms with Gasteiger partial charge in [0.2, 0.25) is 0 Å². The molecule has 1 saturated heterocycles. The second-order valence-corrected chi connectivity index (χ2v) is 8.45. The third-order valence-electron chi connectivity index (χ3n) is 5.16. The molecule has 1 N–H and O–H groups in total. The molecule has 1 aliphatic rings. The molecular weight excluding hydrogens is 434 g/mol. The van der Waals surface area contributed by atoms with E-state index in [-0.39, 0.29) is 11.9 Å². The maximum Gasteiger partial charge on any atom is 0.321 e. The second-order valence-electron chi connectivity index (χ2n) is 7.14. The Morgan fingerprint density at radius 1 is 1.03 bits per heavy atom. The van der Waals surface area contributed by atoms with Crippen LogP contribution >= 0.6 is 22.9 Å². The Bertz CT molecular complexity index is 1030. The van der Waals surface area contributed by atoms with Gasteiger partial charge in [-0.1, -0.05) is 11.6 Å². The number of aromatic nitrogens is 1. The minimum atomic E-state index is -0.133. The van der Waals surface area contributed by atoms with Crippen LogP contribution < -0.4 is 15.1 Å². The van der Waals surface area contributed by atoms with Crippen LogP contribution in [0.2, 0.25) is 5.02 Å². The van der Waals surface area contributed by atoms with Gasteiger partial charge in [0.15, 0.2) is 5.13 Å². The molecule has 3 aromatic rings. The number of anilines is 3. The standard InChI is InChI=1S/C22H22ClN5O2S/c1-26(20(29)16-2-4-17(23)5-3-16)19-8-6-18(7-9-19)25-21(30)27-11-13-28(14-12-27)22-24-10-15-31-22/h2-10,15H,11-14H2,1H3,(H,25,30). The number of nitrogens with one attached hydrogen (secondary N) is 1. The van der Waals surface area contributed by atoms with Gasteiger partial charge < -0.3 is 20.0 Å². The van der Waals surface area contributed by atoms with Gasteiger partial charge in [-0.2, -0.15) is 0 Å². The fraction of sp³-hybridized carbons (Fsp3) is 0.227. The summed E-state index contributed by atoms with van der Waals surface area (Å²) in [5.41, 5.74) is 1.97. The van der Waals surface area contributed by atoms with E-state index in [1.807, 2.05) is 17.5 Å². The maximum atomic E-state index is 12.6. The van der Waals surface area contributed by atoms with Gasteiger partial charge in [0.1, 0.15) is 0 Å². The van der Waals surface area contributed by atoms with Crippen molar-refractivity contribution in [2.45, 2.75) is 0 Å². The Morgan fingerprint density at radius 2 is 1.71 bits per heavy atom. The number of halogens is 1. The van der Waals surface area contributed by atoms with E-state index in [9.17, 15) is 9.59 Å². The summed E-state index contributed by atoms with van der Waals surface area (Å²) in [5.74, 6) is -0.133. The molecule has 0 spiro atoms. The Hall–Kier alpha value is -3.10. The summed E-state index contributed by atoms with van der Waals surface area (Å²) in [6.45, 7) is 2.80. The predicted octanol–water partition coefficient (Wildman–Crippen LogP) is 4.43. The summed E-state index contributed by atoms with van der Waals surface area (Å²) < 4.78 is 0. The van der Waals surface area contributed by atoms with Crippen LogP contribution in [0.25, 0.3) is 0 Å². The Balaban J connectivity index is 1.32. The third-order valence-corrected chi connectivity index (χ3v) is 6.24. The van der Waals surface area contributed by atoms with Crippen molar-refractivity contribution in [1.82, 2.24) is 9.88 Å². The molecule has 7 nitrogen and oxygen atoms in total. The van der Waals surface area contributed by atoms with Gasteiger partial charge in [0.25, 0.3) is 5.91 Å². The lowest BCUT2D eigenvalue weighted by Gasteiger charge is -2.34. The number of rotatable bonds is 4. The van der Waals surface area contributed by atoms with Gasteiger partial charge in [0.05, 0.1) is 0 Å². The summed E-state index contributed by atoms with van der Waals surface area (Å²) in [7, 11) is 1.71. The molecule has 0 bridgehead atoms. The van der Waals surface area contributed by atoms with E-state index >= 15 is 0 Å². The summed E-state index contributed by atoms with van der Waals surface area (Å²) in [6, 6.07) is 13.9. The number of thiazole rings is 1. The Labute approximate surface area is 189 Å². The molecule has 0 aliphatic carbocycles. The van der Waals surface area contributed by atoms with E-state index in [4.69, 9.17) is 11.6 Å². The lowest BCUT2D eigenvalue weighted by Crippen LogP contribution is -2.50. The zero-order chi connectivity index (χ0) is 21.8. The van der Waals surface area contributed by atoms with Gasteiger partial charge in [0, 0.05) is 66.8 Å². The third kappa shape index (κ3) is 4.98. The number of carbonyl (C=O) groups is 2. The van der Waals surface area contributed by atoms with Crippen LogP contribution in [0.3, 0.4) is 0 Å². The number of urea groups is 1. The Kier molecular flexibility index (Phi) is 6.39. The molecule has 0 saturated carbocycles.